The van der Waals surface area contributed by atoms with Gasteiger partial charge in [-0.15, -0.1) is 0 Å². The second kappa shape index (κ2) is 10.4. The van der Waals surface area contributed by atoms with Gasteiger partial charge >= 0.3 is 0 Å². The topological polar surface area (TPSA) is 47.9 Å². The molecule has 2 N–H and O–H groups in total. The molecule has 22 heavy (non-hydrogen) atoms. The number of nitrogens with one attached hydrogen (secondary N) is 1. The molecule has 1 aromatic carbocycles. The van der Waals surface area contributed by atoms with Crippen LogP contribution in [0.4, 0.5) is 5.69 Å². The lowest BCUT2D eigenvalue weighted by molar-refractivity contribution is 0.200. The zero-order valence-electron chi connectivity index (χ0n) is 13.3. The number of likely N-dealkylation sites (N-methyl/N-ethyl adjacent to an activating group) is 1. The molecule has 1 aromatic rings. The maximum Gasteiger partial charge on any atom is 0.0730 e. The molecule has 0 radical (unpaired) electrons. The number of aliphatic hydroxyl groups is 1. The molecule has 0 atom stereocenters. The highest BCUT2D eigenvalue weighted by molar-refractivity contribution is 6.30. The Balaban J connectivity index is 2.36. The summed E-state index contributed by atoms with van der Waals surface area (Å²) in [6.45, 7) is 13.5. The minimum absolute atomic E-state index is 0.219. The van der Waals surface area contributed by atoms with E-state index in [1.807, 2.05) is 12.1 Å². The van der Waals surface area contributed by atoms with Crippen LogP contribution < -0.4 is 5.32 Å². The fourth-order valence-electron chi connectivity index (χ4n) is 2.26. The van der Waals surface area contributed by atoms with Crippen molar-refractivity contribution in [1.29, 1.82) is 0 Å². The Kier molecular flexibility index (Phi) is 8.82. The van der Waals surface area contributed by atoms with Gasteiger partial charge < -0.3 is 15.3 Å². The van der Waals surface area contributed by atoms with E-state index in [0.717, 1.165) is 56.0 Å². The van der Waals surface area contributed by atoms with E-state index in [4.69, 9.17) is 16.7 Å². The van der Waals surface area contributed by atoms with E-state index >= 15 is 0 Å². The van der Waals surface area contributed by atoms with Crippen molar-refractivity contribution < 1.29 is 5.11 Å². The summed E-state index contributed by atoms with van der Waals surface area (Å²) < 4.78 is 0. The van der Waals surface area contributed by atoms with Gasteiger partial charge in [-0.1, -0.05) is 25.1 Å². The van der Waals surface area contributed by atoms with Crippen molar-refractivity contribution in [2.24, 2.45) is 4.99 Å². The van der Waals surface area contributed by atoms with Crippen LogP contribution in [0.15, 0.2) is 29.8 Å². The number of unbranched alkanes of at least 4 members (excludes halogenated alkanes) is 1. The van der Waals surface area contributed by atoms with Crippen LogP contribution in [-0.2, 0) is 0 Å². The van der Waals surface area contributed by atoms with E-state index in [2.05, 4.69) is 35.4 Å². The number of hydrogen-bond donors (Lipinski definition) is 2. The first-order valence-corrected chi connectivity index (χ1v) is 8.02. The summed E-state index contributed by atoms with van der Waals surface area (Å²) in [5, 5.41) is 12.9. The van der Waals surface area contributed by atoms with Gasteiger partial charge in [-0.3, -0.25) is 4.99 Å². The van der Waals surface area contributed by atoms with E-state index in [1.54, 1.807) is 6.07 Å². The molecular weight excluding hydrogens is 298 g/mol. The summed E-state index contributed by atoms with van der Waals surface area (Å²) in [6.07, 6.45) is 2.13. The molecule has 0 aromatic heterocycles. The van der Waals surface area contributed by atoms with Crippen LogP contribution in [0.5, 0.6) is 0 Å². The molecule has 5 heteroatoms. The van der Waals surface area contributed by atoms with Crippen molar-refractivity contribution in [2.45, 2.75) is 19.8 Å². The Bertz CT molecular complexity index is 491. The van der Waals surface area contributed by atoms with Crippen molar-refractivity contribution >= 4 is 29.7 Å². The van der Waals surface area contributed by atoms with Gasteiger partial charge in [0.15, 0.2) is 0 Å². The van der Waals surface area contributed by atoms with Crippen LogP contribution in [0.25, 0.3) is 5.70 Å². The smallest absolute Gasteiger partial charge is 0.0730 e. The van der Waals surface area contributed by atoms with Gasteiger partial charge in [0.1, 0.15) is 0 Å². The van der Waals surface area contributed by atoms with E-state index in [9.17, 15) is 0 Å². The monoisotopic (exact) mass is 323 g/mol. The first kappa shape index (κ1) is 18.7. The summed E-state index contributed by atoms with van der Waals surface area (Å²) in [5.41, 5.74) is 2.50. The van der Waals surface area contributed by atoms with Crippen LogP contribution in [0, 0.1) is 0 Å². The summed E-state index contributed by atoms with van der Waals surface area (Å²) in [7, 11) is 0. The predicted octanol–water partition coefficient (Wildman–Crippen LogP) is 3.33. The quantitative estimate of drug-likeness (QED) is 0.485. The highest BCUT2D eigenvalue weighted by Gasteiger charge is 2.06. The first-order chi connectivity index (χ1) is 10.6. The van der Waals surface area contributed by atoms with Gasteiger partial charge in [0.05, 0.1) is 12.3 Å². The van der Waals surface area contributed by atoms with Crippen molar-refractivity contribution in [2.75, 3.05) is 32.8 Å². The molecule has 0 bridgehead atoms. The van der Waals surface area contributed by atoms with Gasteiger partial charge in [0.2, 0.25) is 0 Å². The predicted molar refractivity (Wildman–Crippen MR) is 96.1 cm³/mol. The molecule has 0 saturated heterocycles. The van der Waals surface area contributed by atoms with Crippen molar-refractivity contribution in [1.82, 2.24) is 10.2 Å². The molecule has 122 valence electrons. The number of benzene rings is 1. The maximum atomic E-state index is 8.95. The fraction of sp³-hybridized carbons (Fsp3) is 0.471. The van der Waals surface area contributed by atoms with Crippen molar-refractivity contribution in [3.63, 3.8) is 0 Å². The highest BCUT2D eigenvalue weighted by Crippen LogP contribution is 2.27. The van der Waals surface area contributed by atoms with E-state index in [0.29, 0.717) is 5.02 Å². The number of rotatable bonds is 11. The van der Waals surface area contributed by atoms with Gasteiger partial charge in [-0.25, -0.2) is 0 Å². The second-order valence-electron chi connectivity index (χ2n) is 5.09. The van der Waals surface area contributed by atoms with E-state index in [-0.39, 0.29) is 6.61 Å². The molecule has 0 heterocycles. The lowest BCUT2D eigenvalue weighted by Crippen LogP contribution is -2.28. The molecular formula is C17H26ClN3O. The number of nitrogens with zero attached hydrogens (tertiary/aromatic N) is 2. The fourth-order valence-corrected chi connectivity index (χ4v) is 2.42. The molecule has 0 amide bonds. The SMILES string of the molecule is C=Nc1cc(Cl)ccc1C(=C)NCCCCN(CC)CCO. The van der Waals surface area contributed by atoms with Gasteiger partial charge in [-0.05, 0) is 50.8 Å². The summed E-state index contributed by atoms with van der Waals surface area (Å²) in [6, 6.07) is 5.51. The number of halogens is 1. The Hall–Kier alpha value is -1.36. The van der Waals surface area contributed by atoms with Gasteiger partial charge in [-0.2, -0.15) is 0 Å². The zero-order valence-corrected chi connectivity index (χ0v) is 14.1. The maximum absolute atomic E-state index is 8.95. The Labute approximate surface area is 138 Å². The molecule has 1 rings (SSSR count). The standard InChI is InChI=1S/C17H26ClN3O/c1-4-21(11-12-22)10-6-5-9-20-14(2)16-8-7-15(18)13-17(16)19-3/h7-8,13,20,22H,2-6,9-12H2,1H3. The third-order valence-electron chi connectivity index (χ3n) is 3.56. The summed E-state index contributed by atoms with van der Waals surface area (Å²) in [4.78, 5) is 6.23. The Morgan fingerprint density at radius 3 is 2.77 bits per heavy atom. The van der Waals surface area contributed by atoms with Gasteiger partial charge in [0, 0.05) is 29.4 Å². The van der Waals surface area contributed by atoms with Crippen LogP contribution in [0.3, 0.4) is 0 Å². The molecule has 0 fully saturated rings. The largest absolute Gasteiger partial charge is 0.395 e. The Morgan fingerprint density at radius 2 is 2.14 bits per heavy atom. The van der Waals surface area contributed by atoms with E-state index in [1.165, 1.54) is 0 Å². The van der Waals surface area contributed by atoms with Crippen molar-refractivity contribution in [3.8, 4) is 0 Å². The first-order valence-electron chi connectivity index (χ1n) is 7.65. The molecule has 0 aliphatic rings. The number of hydrogen-bond acceptors (Lipinski definition) is 4. The molecule has 0 aliphatic carbocycles. The molecule has 0 unspecified atom stereocenters. The van der Waals surface area contributed by atoms with Crippen LogP contribution in [0.2, 0.25) is 5.02 Å². The molecule has 0 saturated carbocycles. The summed E-state index contributed by atoms with van der Waals surface area (Å²) >= 11 is 5.95. The lowest BCUT2D eigenvalue weighted by atomic mass is 10.1. The third kappa shape index (κ3) is 6.18. The summed E-state index contributed by atoms with van der Waals surface area (Å²) in [5.74, 6) is 0. The van der Waals surface area contributed by atoms with Crippen molar-refractivity contribution in [3.05, 3.63) is 35.4 Å². The molecule has 0 aliphatic heterocycles. The van der Waals surface area contributed by atoms with Crippen LogP contribution in [0.1, 0.15) is 25.3 Å². The zero-order chi connectivity index (χ0) is 16.4. The normalized spacial score (nSPS) is 10.7. The molecule has 4 nitrogen and oxygen atoms in total. The van der Waals surface area contributed by atoms with Crippen LogP contribution >= 0.6 is 11.6 Å². The average Bonchev–Trinajstić information content (AvgIpc) is 2.53. The lowest BCUT2D eigenvalue weighted by Gasteiger charge is -2.19. The van der Waals surface area contributed by atoms with Gasteiger partial charge in [0.25, 0.3) is 0 Å². The van der Waals surface area contributed by atoms with E-state index < -0.39 is 0 Å². The average molecular weight is 324 g/mol. The Morgan fingerprint density at radius 1 is 1.36 bits per heavy atom. The number of aliphatic hydroxyl groups excluding tert-OH is 1. The molecule has 0 spiro atoms. The minimum Gasteiger partial charge on any atom is -0.395 e. The number of aliphatic imine (C=N–C) groups is 1. The third-order valence-corrected chi connectivity index (χ3v) is 3.79. The second-order valence-corrected chi connectivity index (χ2v) is 5.53. The minimum atomic E-state index is 0.219. The van der Waals surface area contributed by atoms with Crippen LogP contribution in [-0.4, -0.2) is 49.5 Å². The highest BCUT2D eigenvalue weighted by atomic mass is 35.5.